The lowest BCUT2D eigenvalue weighted by Crippen LogP contribution is -2.40. The standard InChI is InChI=1S/C24H30N4O7S2/c1-18-5-6-19(16-22(18)27-11-3-4-24(27)30)25-23(29)17-28(36(2,31)32)20-7-9-21(10-8-20)37(33,34)26-12-14-35-15-13-26/h5-10,16H,3-4,11-15,17H2,1-2H3,(H,25,29). The Morgan fingerprint density at radius 1 is 1.03 bits per heavy atom. The quantitative estimate of drug-likeness (QED) is 0.527. The number of carbonyl (C=O) groups is 2. The summed E-state index contributed by atoms with van der Waals surface area (Å²) in [6.45, 7) is 3.08. The van der Waals surface area contributed by atoms with Gasteiger partial charge in [0.05, 0.1) is 30.1 Å². The fourth-order valence-electron chi connectivity index (χ4n) is 4.33. The second-order valence-corrected chi connectivity index (χ2v) is 12.8. The maximum atomic E-state index is 12.9. The Morgan fingerprint density at radius 3 is 2.30 bits per heavy atom. The Balaban J connectivity index is 1.50. The number of carbonyl (C=O) groups excluding carboxylic acids is 2. The van der Waals surface area contributed by atoms with Gasteiger partial charge in [-0.3, -0.25) is 13.9 Å². The van der Waals surface area contributed by atoms with E-state index >= 15 is 0 Å². The summed E-state index contributed by atoms with van der Waals surface area (Å²) < 4.78 is 58.2. The van der Waals surface area contributed by atoms with Gasteiger partial charge in [-0.15, -0.1) is 0 Å². The molecular weight excluding hydrogens is 520 g/mol. The van der Waals surface area contributed by atoms with E-state index in [1.165, 1.54) is 28.6 Å². The van der Waals surface area contributed by atoms with Gasteiger partial charge in [0.15, 0.2) is 0 Å². The van der Waals surface area contributed by atoms with E-state index in [1.807, 2.05) is 6.92 Å². The van der Waals surface area contributed by atoms with Crippen molar-refractivity contribution in [2.24, 2.45) is 0 Å². The molecule has 37 heavy (non-hydrogen) atoms. The molecule has 1 N–H and O–H groups in total. The number of rotatable bonds is 8. The monoisotopic (exact) mass is 550 g/mol. The van der Waals surface area contributed by atoms with E-state index < -0.39 is 32.5 Å². The third-order valence-corrected chi connectivity index (χ3v) is 9.33. The largest absolute Gasteiger partial charge is 0.379 e. The molecule has 0 atom stereocenters. The summed E-state index contributed by atoms with van der Waals surface area (Å²) in [4.78, 5) is 26.7. The van der Waals surface area contributed by atoms with Crippen LogP contribution < -0.4 is 14.5 Å². The Kier molecular flexibility index (Phi) is 7.88. The first-order valence-corrected chi connectivity index (χ1v) is 15.1. The first kappa shape index (κ1) is 27.0. The minimum absolute atomic E-state index is 0.0221. The van der Waals surface area contributed by atoms with Gasteiger partial charge in [0, 0.05) is 37.4 Å². The lowest BCUT2D eigenvalue weighted by Gasteiger charge is -2.26. The Labute approximate surface area is 217 Å². The van der Waals surface area contributed by atoms with E-state index in [4.69, 9.17) is 4.74 Å². The zero-order valence-electron chi connectivity index (χ0n) is 20.7. The van der Waals surface area contributed by atoms with Crippen molar-refractivity contribution in [3.05, 3.63) is 48.0 Å². The number of aryl methyl sites for hydroxylation is 1. The highest BCUT2D eigenvalue weighted by atomic mass is 32.2. The van der Waals surface area contributed by atoms with Gasteiger partial charge in [0.25, 0.3) is 0 Å². The predicted octanol–water partition coefficient (Wildman–Crippen LogP) is 1.55. The number of anilines is 3. The van der Waals surface area contributed by atoms with Crippen LogP contribution in [0.2, 0.25) is 0 Å². The molecule has 0 spiro atoms. The van der Waals surface area contributed by atoms with Crippen LogP contribution in [0.5, 0.6) is 0 Å². The number of morpholine rings is 1. The van der Waals surface area contributed by atoms with Crippen molar-refractivity contribution < 1.29 is 31.2 Å². The molecule has 13 heteroatoms. The molecule has 0 radical (unpaired) electrons. The van der Waals surface area contributed by atoms with Crippen LogP contribution in [0.3, 0.4) is 0 Å². The molecule has 2 aromatic carbocycles. The molecule has 0 aromatic heterocycles. The van der Waals surface area contributed by atoms with E-state index in [0.29, 0.717) is 37.6 Å². The van der Waals surface area contributed by atoms with Gasteiger partial charge in [-0.25, -0.2) is 16.8 Å². The van der Waals surface area contributed by atoms with Crippen molar-refractivity contribution >= 4 is 48.9 Å². The molecule has 0 aliphatic carbocycles. The van der Waals surface area contributed by atoms with Crippen molar-refractivity contribution in [2.75, 3.05) is 60.2 Å². The topological polar surface area (TPSA) is 133 Å². The molecule has 200 valence electrons. The number of ether oxygens (including phenoxy) is 1. The summed E-state index contributed by atoms with van der Waals surface area (Å²) in [5.41, 5.74) is 2.19. The molecule has 0 unspecified atom stereocenters. The second kappa shape index (κ2) is 10.8. The highest BCUT2D eigenvalue weighted by molar-refractivity contribution is 7.92. The molecule has 0 bridgehead atoms. The molecule has 2 aliphatic heterocycles. The van der Waals surface area contributed by atoms with Crippen LogP contribution >= 0.6 is 0 Å². The number of nitrogens with one attached hydrogen (secondary N) is 1. The maximum absolute atomic E-state index is 12.9. The van der Waals surface area contributed by atoms with Crippen LogP contribution in [0.4, 0.5) is 17.1 Å². The molecule has 0 saturated carbocycles. The van der Waals surface area contributed by atoms with E-state index in [0.717, 1.165) is 22.5 Å². The number of sulfonamides is 2. The van der Waals surface area contributed by atoms with Gasteiger partial charge in [-0.2, -0.15) is 4.31 Å². The van der Waals surface area contributed by atoms with Crippen LogP contribution in [0.1, 0.15) is 18.4 Å². The average molecular weight is 551 g/mol. The van der Waals surface area contributed by atoms with Crippen LogP contribution in [-0.4, -0.2) is 78.6 Å². The van der Waals surface area contributed by atoms with Crippen molar-refractivity contribution in [3.63, 3.8) is 0 Å². The van der Waals surface area contributed by atoms with E-state index in [2.05, 4.69) is 5.32 Å². The highest BCUT2D eigenvalue weighted by Gasteiger charge is 2.28. The summed E-state index contributed by atoms with van der Waals surface area (Å²) in [5.74, 6) is -0.563. The van der Waals surface area contributed by atoms with Crippen molar-refractivity contribution in [1.29, 1.82) is 0 Å². The smallest absolute Gasteiger partial charge is 0.245 e. The summed E-state index contributed by atoms with van der Waals surface area (Å²) in [6, 6.07) is 10.6. The lowest BCUT2D eigenvalue weighted by molar-refractivity contribution is -0.117. The molecule has 4 rings (SSSR count). The Morgan fingerprint density at radius 2 is 1.70 bits per heavy atom. The fourth-order valence-corrected chi connectivity index (χ4v) is 6.60. The number of hydrogen-bond donors (Lipinski definition) is 1. The molecule has 11 nitrogen and oxygen atoms in total. The van der Waals surface area contributed by atoms with Crippen molar-refractivity contribution in [3.8, 4) is 0 Å². The minimum Gasteiger partial charge on any atom is -0.379 e. The zero-order valence-corrected chi connectivity index (χ0v) is 22.3. The number of nitrogens with zero attached hydrogens (tertiary/aromatic N) is 3. The summed E-state index contributed by atoms with van der Waals surface area (Å²) in [6.07, 6.45) is 2.22. The third kappa shape index (κ3) is 6.12. The normalized spacial score (nSPS) is 17.1. The minimum atomic E-state index is -3.87. The Bertz CT molecular complexity index is 1390. The van der Waals surface area contributed by atoms with Gasteiger partial charge in [-0.1, -0.05) is 6.07 Å². The lowest BCUT2D eigenvalue weighted by atomic mass is 10.1. The first-order chi connectivity index (χ1) is 17.5. The van der Waals surface area contributed by atoms with Crippen molar-refractivity contribution in [2.45, 2.75) is 24.7 Å². The van der Waals surface area contributed by atoms with Gasteiger partial charge in [0.1, 0.15) is 6.54 Å². The second-order valence-electron chi connectivity index (χ2n) is 8.98. The third-order valence-electron chi connectivity index (χ3n) is 6.28. The summed E-state index contributed by atoms with van der Waals surface area (Å²) in [5, 5.41) is 2.70. The number of hydrogen-bond acceptors (Lipinski definition) is 7. The van der Waals surface area contributed by atoms with Crippen LogP contribution in [0, 0.1) is 6.92 Å². The zero-order chi connectivity index (χ0) is 26.8. The van der Waals surface area contributed by atoms with E-state index in [1.54, 1.807) is 23.1 Å². The molecule has 2 amide bonds. The van der Waals surface area contributed by atoms with E-state index in [9.17, 15) is 26.4 Å². The summed E-state index contributed by atoms with van der Waals surface area (Å²) in [7, 11) is -7.61. The van der Waals surface area contributed by atoms with Gasteiger partial charge in [-0.05, 0) is 55.3 Å². The summed E-state index contributed by atoms with van der Waals surface area (Å²) >= 11 is 0. The molecular formula is C24H30N4O7S2. The molecule has 2 saturated heterocycles. The van der Waals surface area contributed by atoms with Gasteiger partial charge < -0.3 is 15.0 Å². The molecule has 2 fully saturated rings. The van der Waals surface area contributed by atoms with Crippen LogP contribution in [0.15, 0.2) is 47.4 Å². The maximum Gasteiger partial charge on any atom is 0.245 e. The van der Waals surface area contributed by atoms with Gasteiger partial charge >= 0.3 is 0 Å². The molecule has 2 aromatic rings. The SMILES string of the molecule is Cc1ccc(NC(=O)CN(c2ccc(S(=O)(=O)N3CCOCC3)cc2)S(C)(=O)=O)cc1N1CCCC1=O. The van der Waals surface area contributed by atoms with E-state index in [-0.39, 0.29) is 29.6 Å². The fraction of sp³-hybridized carbons (Fsp3) is 0.417. The number of benzene rings is 2. The highest BCUT2D eigenvalue weighted by Crippen LogP contribution is 2.28. The number of amides is 2. The molecule has 2 aliphatic rings. The van der Waals surface area contributed by atoms with Crippen LogP contribution in [-0.2, 0) is 34.4 Å². The predicted molar refractivity (Wildman–Crippen MR) is 140 cm³/mol. The van der Waals surface area contributed by atoms with Crippen LogP contribution in [0.25, 0.3) is 0 Å². The van der Waals surface area contributed by atoms with Gasteiger partial charge in [0.2, 0.25) is 31.9 Å². The Hall–Kier alpha value is -3.00. The average Bonchev–Trinajstić information content (AvgIpc) is 3.29. The molecule has 2 heterocycles. The first-order valence-electron chi connectivity index (χ1n) is 11.8. The van der Waals surface area contributed by atoms with Crippen molar-refractivity contribution in [1.82, 2.24) is 4.31 Å².